The molecule has 3 rings (SSSR count). The third-order valence-electron chi connectivity index (χ3n) is 3.47. The fourth-order valence-electron chi connectivity index (χ4n) is 2.40. The first kappa shape index (κ1) is 15.7. The minimum absolute atomic E-state index is 0.112. The molecule has 1 aromatic carbocycles. The predicted octanol–water partition coefficient (Wildman–Crippen LogP) is 2.77. The summed E-state index contributed by atoms with van der Waals surface area (Å²) in [7, 11) is 0. The number of benzene rings is 1. The van der Waals surface area contributed by atoms with Crippen LogP contribution in [0, 0.1) is 17.3 Å². The Bertz CT molecular complexity index is 962. The lowest BCUT2D eigenvalue weighted by Crippen LogP contribution is -1.99. The Morgan fingerprint density at radius 3 is 2.21 bits per heavy atom. The Morgan fingerprint density at radius 2 is 1.58 bits per heavy atom. The molecule has 0 radical (unpaired) electrons. The monoisotopic (exact) mass is 320 g/mol. The number of rotatable bonds is 1. The van der Waals surface area contributed by atoms with Crippen molar-refractivity contribution in [2.75, 3.05) is 17.2 Å². The van der Waals surface area contributed by atoms with Crippen molar-refractivity contribution in [2.24, 2.45) is 5.41 Å². The van der Waals surface area contributed by atoms with Crippen molar-refractivity contribution >= 4 is 28.4 Å². The number of hydrogen-bond donors (Lipinski definition) is 4. The highest BCUT2D eigenvalue weighted by Gasteiger charge is 2.12. The number of nitrogen functional groups attached to an aromatic ring is 3. The van der Waals surface area contributed by atoms with E-state index in [-0.39, 0.29) is 5.41 Å². The van der Waals surface area contributed by atoms with Crippen LogP contribution < -0.4 is 17.2 Å². The van der Waals surface area contributed by atoms with Crippen LogP contribution >= 0.6 is 0 Å². The summed E-state index contributed by atoms with van der Waals surface area (Å²) in [5.74, 6) is 7.63. The molecule has 0 amide bonds. The molecule has 2 aromatic heterocycles. The van der Waals surface area contributed by atoms with Crippen LogP contribution in [0.2, 0.25) is 0 Å². The molecule has 0 saturated heterocycles. The van der Waals surface area contributed by atoms with Gasteiger partial charge >= 0.3 is 0 Å². The molecule has 0 aliphatic heterocycles. The second-order valence-corrected chi connectivity index (χ2v) is 6.76. The highest BCUT2D eigenvalue weighted by molar-refractivity contribution is 5.96. The van der Waals surface area contributed by atoms with Crippen LogP contribution in [0.25, 0.3) is 22.0 Å². The number of anilines is 3. The quantitative estimate of drug-likeness (QED) is 0.514. The molecule has 0 fully saturated rings. The first-order valence-electron chi connectivity index (χ1n) is 7.57. The average Bonchev–Trinajstić information content (AvgIpc) is 2.84. The van der Waals surface area contributed by atoms with E-state index in [9.17, 15) is 0 Å². The number of aromatic amines is 1. The largest absolute Gasteiger partial charge is 0.384 e. The van der Waals surface area contributed by atoms with E-state index in [1.165, 1.54) is 0 Å². The number of pyridine rings is 1. The number of nitrogens with zero attached hydrogens (tertiary/aromatic N) is 2. The van der Waals surface area contributed by atoms with E-state index in [0.29, 0.717) is 17.5 Å². The van der Waals surface area contributed by atoms with Gasteiger partial charge in [-0.15, -0.1) is 0 Å². The first-order valence-corrected chi connectivity index (χ1v) is 7.57. The lowest BCUT2D eigenvalue weighted by atomic mass is 9.96. The minimum atomic E-state index is -0.112. The van der Waals surface area contributed by atoms with E-state index < -0.39 is 0 Å². The summed E-state index contributed by atoms with van der Waals surface area (Å²) in [6.07, 6.45) is 0. The van der Waals surface area contributed by atoms with Crippen molar-refractivity contribution < 1.29 is 0 Å². The Kier molecular flexibility index (Phi) is 3.57. The van der Waals surface area contributed by atoms with Crippen LogP contribution in [0.15, 0.2) is 24.3 Å². The van der Waals surface area contributed by atoms with Gasteiger partial charge in [0.25, 0.3) is 0 Å². The van der Waals surface area contributed by atoms with Crippen LogP contribution in [0.5, 0.6) is 0 Å². The molecule has 24 heavy (non-hydrogen) atoms. The number of fused-ring (bicyclic) bond motifs is 1. The van der Waals surface area contributed by atoms with Crippen LogP contribution in [0.1, 0.15) is 26.3 Å². The maximum absolute atomic E-state index is 5.98. The summed E-state index contributed by atoms with van der Waals surface area (Å²) in [6.45, 7) is 6.19. The molecule has 3 aromatic rings. The molecule has 0 atom stereocenters. The molecule has 0 saturated carbocycles. The van der Waals surface area contributed by atoms with Gasteiger partial charge in [0.05, 0.1) is 11.1 Å². The van der Waals surface area contributed by atoms with Crippen molar-refractivity contribution in [3.63, 3.8) is 0 Å². The maximum Gasteiger partial charge on any atom is 0.153 e. The van der Waals surface area contributed by atoms with E-state index >= 15 is 0 Å². The van der Waals surface area contributed by atoms with Crippen molar-refractivity contribution in [1.29, 1.82) is 0 Å². The van der Waals surface area contributed by atoms with E-state index in [4.69, 9.17) is 17.2 Å². The van der Waals surface area contributed by atoms with Crippen molar-refractivity contribution in [3.05, 3.63) is 29.8 Å². The minimum Gasteiger partial charge on any atom is -0.384 e. The Hall–Kier alpha value is -3.20. The molecule has 6 heteroatoms. The van der Waals surface area contributed by atoms with Crippen molar-refractivity contribution in [2.45, 2.75) is 20.8 Å². The summed E-state index contributed by atoms with van der Waals surface area (Å²) in [5.41, 5.74) is 20.9. The molecule has 0 bridgehead atoms. The van der Waals surface area contributed by atoms with Gasteiger partial charge in [0, 0.05) is 10.8 Å². The number of aromatic nitrogens is 3. The SMILES string of the molecule is CC(C)(C)C#Cc1cc(-c2cc(N)nc(N)c2)cc2c(N)n[nH]c12. The number of hydrogen-bond acceptors (Lipinski definition) is 5. The highest BCUT2D eigenvalue weighted by Crippen LogP contribution is 2.30. The summed E-state index contributed by atoms with van der Waals surface area (Å²) in [6, 6.07) is 7.47. The van der Waals surface area contributed by atoms with Crippen molar-refractivity contribution in [3.8, 4) is 23.0 Å². The molecule has 0 aliphatic rings. The fraction of sp³-hybridized carbons (Fsp3) is 0.222. The molecule has 0 spiro atoms. The first-order chi connectivity index (χ1) is 11.2. The van der Waals surface area contributed by atoms with E-state index in [0.717, 1.165) is 27.6 Å². The highest BCUT2D eigenvalue weighted by atomic mass is 15.1. The molecule has 6 nitrogen and oxygen atoms in total. The van der Waals surface area contributed by atoms with Crippen LogP contribution in [0.3, 0.4) is 0 Å². The van der Waals surface area contributed by atoms with Gasteiger partial charge in [-0.1, -0.05) is 11.8 Å². The van der Waals surface area contributed by atoms with Gasteiger partial charge in [-0.2, -0.15) is 5.10 Å². The topological polar surface area (TPSA) is 120 Å². The van der Waals surface area contributed by atoms with Crippen LogP contribution in [-0.2, 0) is 0 Å². The zero-order chi connectivity index (χ0) is 17.5. The fourth-order valence-corrected chi connectivity index (χ4v) is 2.40. The lowest BCUT2D eigenvalue weighted by molar-refractivity contribution is 0.571. The third-order valence-corrected chi connectivity index (χ3v) is 3.47. The smallest absolute Gasteiger partial charge is 0.153 e. The summed E-state index contributed by atoms with van der Waals surface area (Å²) in [4.78, 5) is 4.01. The van der Waals surface area contributed by atoms with Gasteiger partial charge in [-0.3, -0.25) is 5.10 Å². The molecular weight excluding hydrogens is 300 g/mol. The lowest BCUT2D eigenvalue weighted by Gasteiger charge is -2.08. The van der Waals surface area contributed by atoms with Crippen LogP contribution in [0.4, 0.5) is 17.5 Å². The molecular formula is C18H20N6. The summed E-state index contributed by atoms with van der Waals surface area (Å²) < 4.78 is 0. The van der Waals surface area contributed by atoms with Gasteiger partial charge < -0.3 is 17.2 Å². The molecule has 0 unspecified atom stereocenters. The second kappa shape index (κ2) is 5.46. The number of nitrogens with one attached hydrogen (secondary N) is 1. The predicted molar refractivity (Wildman–Crippen MR) is 98.9 cm³/mol. The van der Waals surface area contributed by atoms with E-state index in [2.05, 4.69) is 47.8 Å². The van der Waals surface area contributed by atoms with E-state index in [1.807, 2.05) is 12.1 Å². The molecule has 2 heterocycles. The Balaban J connectivity index is 2.26. The zero-order valence-corrected chi connectivity index (χ0v) is 13.9. The maximum atomic E-state index is 5.98. The normalized spacial score (nSPS) is 11.3. The van der Waals surface area contributed by atoms with Gasteiger partial charge in [0.15, 0.2) is 5.82 Å². The summed E-state index contributed by atoms with van der Waals surface area (Å²) >= 11 is 0. The van der Waals surface area contributed by atoms with E-state index in [1.54, 1.807) is 12.1 Å². The Morgan fingerprint density at radius 1 is 0.958 bits per heavy atom. The third kappa shape index (κ3) is 3.10. The molecule has 7 N–H and O–H groups in total. The molecule has 122 valence electrons. The van der Waals surface area contributed by atoms with Gasteiger partial charge in [-0.25, -0.2) is 4.98 Å². The average molecular weight is 320 g/mol. The van der Waals surface area contributed by atoms with Crippen molar-refractivity contribution in [1.82, 2.24) is 15.2 Å². The summed E-state index contributed by atoms with van der Waals surface area (Å²) in [5, 5.41) is 7.87. The van der Waals surface area contributed by atoms with Gasteiger partial charge in [-0.05, 0) is 56.2 Å². The van der Waals surface area contributed by atoms with Crippen LogP contribution in [-0.4, -0.2) is 15.2 Å². The van der Waals surface area contributed by atoms with Gasteiger partial charge in [0.2, 0.25) is 0 Å². The second-order valence-electron chi connectivity index (χ2n) is 6.76. The molecule has 0 aliphatic carbocycles. The standard InChI is InChI=1S/C18H20N6/c1-18(2,3)5-4-10-6-11(7-13-16(10)23-24-17(13)21)12-8-14(19)22-15(20)9-12/h6-9H,1-3H3,(H4,19,20,22)(H3,21,23,24). The number of nitrogens with two attached hydrogens (primary N) is 3. The number of H-pyrrole nitrogens is 1. The zero-order valence-electron chi connectivity index (χ0n) is 13.9. The Labute approximate surface area is 140 Å². The van der Waals surface area contributed by atoms with Gasteiger partial charge in [0.1, 0.15) is 11.6 Å².